The lowest BCUT2D eigenvalue weighted by Gasteiger charge is -2.14. The third kappa shape index (κ3) is 5.61. The van der Waals surface area contributed by atoms with E-state index in [1.807, 2.05) is 0 Å². The maximum atomic E-state index is 9.69. The standard InChI is InChI=1S/C24H18O9/c25-13-1-14(26)5-19(4-13)31-22-10-23(32-20-6-15(27)2-16(28)7-20)12-24(11-22)33-21-8-17(29)3-18(30)9-21/h1-12,25-30H. The van der Waals surface area contributed by atoms with Gasteiger partial charge in [0.05, 0.1) is 0 Å². The molecule has 0 amide bonds. The van der Waals surface area contributed by atoms with Crippen molar-refractivity contribution >= 4 is 0 Å². The molecule has 0 saturated heterocycles. The van der Waals surface area contributed by atoms with Crippen molar-refractivity contribution in [2.75, 3.05) is 0 Å². The van der Waals surface area contributed by atoms with Crippen LogP contribution < -0.4 is 14.2 Å². The number of ether oxygens (including phenoxy) is 3. The summed E-state index contributed by atoms with van der Waals surface area (Å²) in [7, 11) is 0. The van der Waals surface area contributed by atoms with Gasteiger partial charge in [-0.3, -0.25) is 0 Å². The molecule has 0 atom stereocenters. The first-order valence-corrected chi connectivity index (χ1v) is 9.49. The van der Waals surface area contributed by atoms with E-state index in [1.54, 1.807) is 0 Å². The zero-order valence-electron chi connectivity index (χ0n) is 16.8. The summed E-state index contributed by atoms with van der Waals surface area (Å²) >= 11 is 0. The Morgan fingerprint density at radius 3 is 0.667 bits per heavy atom. The van der Waals surface area contributed by atoms with E-state index in [1.165, 1.54) is 54.6 Å². The van der Waals surface area contributed by atoms with Gasteiger partial charge in [-0.2, -0.15) is 0 Å². The van der Waals surface area contributed by atoms with Crippen molar-refractivity contribution in [2.45, 2.75) is 0 Å². The highest BCUT2D eigenvalue weighted by molar-refractivity contribution is 5.51. The Kier molecular flexibility index (Phi) is 5.60. The number of aromatic hydroxyl groups is 6. The van der Waals surface area contributed by atoms with Gasteiger partial charge in [0, 0.05) is 72.8 Å². The fraction of sp³-hybridized carbons (Fsp3) is 0. The molecule has 0 fully saturated rings. The first kappa shape index (κ1) is 21.3. The van der Waals surface area contributed by atoms with Gasteiger partial charge in [-0.15, -0.1) is 0 Å². The predicted molar refractivity (Wildman–Crippen MR) is 116 cm³/mol. The minimum atomic E-state index is -0.209. The van der Waals surface area contributed by atoms with Crippen LogP contribution in [0.15, 0.2) is 72.8 Å². The summed E-state index contributed by atoms with van der Waals surface area (Å²) in [5.74, 6) is -0.332. The summed E-state index contributed by atoms with van der Waals surface area (Å²) in [4.78, 5) is 0. The maximum absolute atomic E-state index is 9.69. The van der Waals surface area contributed by atoms with Gasteiger partial charge in [0.25, 0.3) is 0 Å². The summed E-state index contributed by atoms with van der Waals surface area (Å²) in [6.45, 7) is 0. The Balaban J connectivity index is 1.71. The van der Waals surface area contributed by atoms with Crippen LogP contribution in [-0.2, 0) is 0 Å². The highest BCUT2D eigenvalue weighted by Gasteiger charge is 2.11. The summed E-state index contributed by atoms with van der Waals surface area (Å²) in [5.41, 5.74) is 0. The predicted octanol–water partition coefficient (Wildman–Crippen LogP) is 5.30. The molecule has 0 radical (unpaired) electrons. The van der Waals surface area contributed by atoms with Crippen molar-refractivity contribution in [2.24, 2.45) is 0 Å². The van der Waals surface area contributed by atoms with Crippen LogP contribution >= 0.6 is 0 Å². The average Bonchev–Trinajstić information content (AvgIpc) is 2.65. The molecule has 9 nitrogen and oxygen atoms in total. The average molecular weight is 450 g/mol. The minimum Gasteiger partial charge on any atom is -0.508 e. The van der Waals surface area contributed by atoms with Crippen molar-refractivity contribution in [3.8, 4) is 69.0 Å². The zero-order chi connectivity index (χ0) is 23.5. The van der Waals surface area contributed by atoms with Crippen LogP contribution in [0, 0.1) is 0 Å². The fourth-order valence-corrected chi connectivity index (χ4v) is 3.01. The third-order valence-corrected chi connectivity index (χ3v) is 4.19. The lowest BCUT2D eigenvalue weighted by atomic mass is 10.2. The first-order valence-electron chi connectivity index (χ1n) is 9.49. The minimum absolute atomic E-state index is 0.126. The molecule has 0 unspecified atom stereocenters. The molecule has 0 aliphatic heterocycles. The van der Waals surface area contributed by atoms with E-state index in [0.717, 1.165) is 18.2 Å². The number of phenolic OH excluding ortho intramolecular Hbond substituents is 6. The summed E-state index contributed by atoms with van der Waals surface area (Å²) in [6, 6.07) is 15.5. The van der Waals surface area contributed by atoms with Gasteiger partial charge in [0.2, 0.25) is 0 Å². The molecule has 168 valence electrons. The molecule has 0 aliphatic rings. The molecule has 4 rings (SSSR count). The molecule has 0 heterocycles. The Morgan fingerprint density at radius 2 is 0.455 bits per heavy atom. The molecule has 0 aliphatic carbocycles. The molecular formula is C24H18O9. The lowest BCUT2D eigenvalue weighted by Crippen LogP contribution is -1.91. The number of hydrogen-bond donors (Lipinski definition) is 6. The second-order valence-corrected chi connectivity index (χ2v) is 7.00. The lowest BCUT2D eigenvalue weighted by molar-refractivity contribution is 0.417. The number of rotatable bonds is 6. The van der Waals surface area contributed by atoms with Gasteiger partial charge < -0.3 is 44.8 Å². The van der Waals surface area contributed by atoms with Crippen LogP contribution in [0.4, 0.5) is 0 Å². The largest absolute Gasteiger partial charge is 0.508 e. The SMILES string of the molecule is Oc1cc(O)cc(Oc2cc(Oc3cc(O)cc(O)c3)cc(Oc3cc(O)cc(O)c3)c2)c1. The van der Waals surface area contributed by atoms with Gasteiger partial charge in [-0.05, 0) is 0 Å². The Hall–Kier alpha value is -4.92. The van der Waals surface area contributed by atoms with Gasteiger partial charge >= 0.3 is 0 Å². The molecule has 0 spiro atoms. The third-order valence-electron chi connectivity index (χ3n) is 4.19. The van der Waals surface area contributed by atoms with Crippen LogP contribution in [-0.4, -0.2) is 30.6 Å². The highest BCUT2D eigenvalue weighted by atomic mass is 16.5. The van der Waals surface area contributed by atoms with Gasteiger partial charge in [0.1, 0.15) is 69.0 Å². The van der Waals surface area contributed by atoms with Crippen molar-refractivity contribution in [3.63, 3.8) is 0 Å². The van der Waals surface area contributed by atoms with Crippen molar-refractivity contribution < 1.29 is 44.8 Å². The Morgan fingerprint density at radius 1 is 0.273 bits per heavy atom. The number of phenols is 6. The quantitative estimate of drug-likeness (QED) is 0.230. The van der Waals surface area contributed by atoms with Crippen molar-refractivity contribution in [1.29, 1.82) is 0 Å². The molecule has 0 bridgehead atoms. The number of hydrogen-bond acceptors (Lipinski definition) is 9. The summed E-state index contributed by atoms with van der Waals surface area (Å²) in [5, 5.41) is 58.1. The van der Waals surface area contributed by atoms with E-state index in [-0.39, 0.29) is 69.0 Å². The topological polar surface area (TPSA) is 149 Å². The maximum Gasteiger partial charge on any atom is 0.134 e. The van der Waals surface area contributed by atoms with E-state index in [2.05, 4.69) is 0 Å². The Bertz CT molecular complexity index is 1080. The molecule has 4 aromatic carbocycles. The molecule has 4 aromatic rings. The van der Waals surface area contributed by atoms with Gasteiger partial charge in [-0.25, -0.2) is 0 Å². The molecule has 33 heavy (non-hydrogen) atoms. The smallest absolute Gasteiger partial charge is 0.134 e. The molecule has 0 aromatic heterocycles. The van der Waals surface area contributed by atoms with Gasteiger partial charge in [-0.1, -0.05) is 0 Å². The van der Waals surface area contributed by atoms with E-state index in [9.17, 15) is 30.6 Å². The Labute approximate surface area is 187 Å². The van der Waals surface area contributed by atoms with Crippen LogP contribution in [0.2, 0.25) is 0 Å². The van der Waals surface area contributed by atoms with E-state index < -0.39 is 0 Å². The second-order valence-electron chi connectivity index (χ2n) is 7.00. The van der Waals surface area contributed by atoms with E-state index >= 15 is 0 Å². The number of benzene rings is 4. The van der Waals surface area contributed by atoms with Crippen LogP contribution in [0.3, 0.4) is 0 Å². The van der Waals surface area contributed by atoms with Crippen LogP contribution in [0.25, 0.3) is 0 Å². The van der Waals surface area contributed by atoms with Crippen LogP contribution in [0.1, 0.15) is 0 Å². The first-order chi connectivity index (χ1) is 15.7. The van der Waals surface area contributed by atoms with E-state index in [4.69, 9.17) is 14.2 Å². The monoisotopic (exact) mass is 450 g/mol. The summed E-state index contributed by atoms with van der Waals surface area (Å²) in [6.07, 6.45) is 0. The second kappa shape index (κ2) is 8.67. The van der Waals surface area contributed by atoms with Crippen molar-refractivity contribution in [3.05, 3.63) is 72.8 Å². The van der Waals surface area contributed by atoms with Crippen molar-refractivity contribution in [1.82, 2.24) is 0 Å². The highest BCUT2D eigenvalue weighted by Crippen LogP contribution is 2.39. The van der Waals surface area contributed by atoms with E-state index in [0.29, 0.717) is 0 Å². The van der Waals surface area contributed by atoms with Gasteiger partial charge in [0.15, 0.2) is 0 Å². The fourth-order valence-electron chi connectivity index (χ4n) is 3.01. The molecule has 0 saturated carbocycles. The zero-order valence-corrected chi connectivity index (χ0v) is 16.8. The summed E-state index contributed by atoms with van der Waals surface area (Å²) < 4.78 is 17.1. The molecular weight excluding hydrogens is 432 g/mol. The molecule has 9 heteroatoms. The van der Waals surface area contributed by atoms with Crippen LogP contribution in [0.5, 0.6) is 69.0 Å². The molecule has 6 N–H and O–H groups in total. The normalized spacial score (nSPS) is 10.5.